The smallest absolute Gasteiger partial charge is 0.345 e. The topological polar surface area (TPSA) is 61.8 Å². The summed E-state index contributed by atoms with van der Waals surface area (Å²) >= 11 is 2.18. The number of halogens is 1. The summed E-state index contributed by atoms with van der Waals surface area (Å²) in [5, 5.41) is 13.0. The molecule has 2 aromatic carbocycles. The zero-order chi connectivity index (χ0) is 17.0. The van der Waals surface area contributed by atoms with Gasteiger partial charge < -0.3 is 10.1 Å². The number of hydrogen-bond donors (Lipinski definition) is 2. The van der Waals surface area contributed by atoms with Gasteiger partial charge in [0.2, 0.25) is 0 Å². The van der Waals surface area contributed by atoms with Crippen LogP contribution in [0.2, 0.25) is 0 Å². The number of rotatable bonds is 4. The predicted octanol–water partition coefficient (Wildman–Crippen LogP) is 4.02. The summed E-state index contributed by atoms with van der Waals surface area (Å²) in [6.07, 6.45) is 0. The van der Waals surface area contributed by atoms with Gasteiger partial charge in [-0.05, 0) is 66.3 Å². The zero-order valence-electron chi connectivity index (χ0n) is 13.3. The Bertz CT molecular complexity index is 719. The number of nitrogens with one attached hydrogen (secondary N) is 1. The maximum Gasteiger partial charge on any atom is 0.345 e. The Labute approximate surface area is 149 Å². The molecule has 122 valence electrons. The molecule has 0 unspecified atom stereocenters. The van der Waals surface area contributed by atoms with Gasteiger partial charge in [-0.3, -0.25) is 5.21 Å². The number of hydrogen-bond acceptors (Lipinski definition) is 3. The highest BCUT2D eigenvalue weighted by molar-refractivity contribution is 14.1. The standard InChI is InChI=1S/C17H19IN2O3/c1-11-4-7-16(12(2)8-11)23-10-13-9-14(18)5-6-15(13)20(22)17(21)19-3/h4-9,22H,10H2,1-3H3,(H,19,21). The molecule has 2 rings (SSSR count). The Hall–Kier alpha value is -1.80. The van der Waals surface area contributed by atoms with Crippen molar-refractivity contribution in [2.45, 2.75) is 20.5 Å². The molecule has 6 heteroatoms. The molecule has 0 aliphatic heterocycles. The van der Waals surface area contributed by atoms with Gasteiger partial charge >= 0.3 is 6.03 Å². The van der Waals surface area contributed by atoms with E-state index in [1.165, 1.54) is 12.6 Å². The summed E-state index contributed by atoms with van der Waals surface area (Å²) < 4.78 is 6.86. The number of hydroxylamine groups is 1. The number of amides is 2. The van der Waals surface area contributed by atoms with Gasteiger partial charge in [-0.2, -0.15) is 5.06 Å². The number of aryl methyl sites for hydroxylation is 2. The molecule has 0 fully saturated rings. The van der Waals surface area contributed by atoms with E-state index in [0.29, 0.717) is 10.8 Å². The first kappa shape index (κ1) is 17.6. The molecule has 0 aromatic heterocycles. The second-order valence-corrected chi connectivity index (χ2v) is 6.44. The Morgan fingerprint density at radius 1 is 1.26 bits per heavy atom. The van der Waals surface area contributed by atoms with Crippen LogP contribution >= 0.6 is 22.6 Å². The third kappa shape index (κ3) is 4.35. The Kier molecular flexibility index (Phi) is 5.84. The van der Waals surface area contributed by atoms with Crippen LogP contribution in [0, 0.1) is 17.4 Å². The van der Waals surface area contributed by atoms with Crippen LogP contribution in [0.1, 0.15) is 16.7 Å². The van der Waals surface area contributed by atoms with E-state index >= 15 is 0 Å². The molecule has 0 saturated carbocycles. The van der Waals surface area contributed by atoms with Crippen molar-refractivity contribution < 1.29 is 14.7 Å². The van der Waals surface area contributed by atoms with Gasteiger partial charge in [0.05, 0.1) is 5.69 Å². The Morgan fingerprint density at radius 2 is 2.00 bits per heavy atom. The molecule has 0 heterocycles. The molecule has 2 N–H and O–H groups in total. The van der Waals surface area contributed by atoms with Gasteiger partial charge in [-0.15, -0.1) is 0 Å². The molecule has 0 saturated heterocycles. The number of carbonyl (C=O) groups is 1. The normalized spacial score (nSPS) is 10.3. The third-order valence-corrected chi connectivity index (χ3v) is 4.06. The highest BCUT2D eigenvalue weighted by Gasteiger charge is 2.16. The van der Waals surface area contributed by atoms with Crippen molar-refractivity contribution in [2.24, 2.45) is 0 Å². The van der Waals surface area contributed by atoms with E-state index in [1.54, 1.807) is 6.07 Å². The first-order valence-corrected chi connectivity index (χ1v) is 8.19. The van der Waals surface area contributed by atoms with E-state index in [-0.39, 0.29) is 6.61 Å². The number of carbonyl (C=O) groups excluding carboxylic acids is 1. The van der Waals surface area contributed by atoms with Crippen molar-refractivity contribution in [2.75, 3.05) is 12.1 Å². The molecule has 0 spiro atoms. The fourth-order valence-corrected chi connectivity index (χ4v) is 2.76. The molecular weight excluding hydrogens is 407 g/mol. The number of ether oxygens (including phenoxy) is 1. The summed E-state index contributed by atoms with van der Waals surface area (Å²) in [4.78, 5) is 11.6. The molecule has 0 radical (unpaired) electrons. The van der Waals surface area contributed by atoms with E-state index in [1.807, 2.05) is 44.2 Å². The molecule has 0 aliphatic carbocycles. The summed E-state index contributed by atoms with van der Waals surface area (Å²) in [7, 11) is 1.46. The van der Waals surface area contributed by atoms with Gasteiger partial charge in [-0.25, -0.2) is 4.79 Å². The monoisotopic (exact) mass is 426 g/mol. The molecule has 0 aliphatic rings. The van der Waals surface area contributed by atoms with Crippen molar-refractivity contribution in [1.82, 2.24) is 5.32 Å². The molecule has 2 aromatic rings. The molecule has 2 amide bonds. The average molecular weight is 426 g/mol. The van der Waals surface area contributed by atoms with E-state index in [9.17, 15) is 10.0 Å². The average Bonchev–Trinajstić information content (AvgIpc) is 2.52. The first-order valence-electron chi connectivity index (χ1n) is 7.11. The number of anilines is 1. The van der Waals surface area contributed by atoms with Crippen LogP contribution in [-0.4, -0.2) is 18.3 Å². The van der Waals surface area contributed by atoms with Crippen molar-refractivity contribution in [3.8, 4) is 5.75 Å². The summed E-state index contributed by atoms with van der Waals surface area (Å²) in [5.74, 6) is 0.782. The second kappa shape index (κ2) is 7.65. The van der Waals surface area contributed by atoms with E-state index < -0.39 is 6.03 Å². The fraction of sp³-hybridized carbons (Fsp3) is 0.235. The van der Waals surface area contributed by atoms with Crippen LogP contribution in [0.5, 0.6) is 5.75 Å². The van der Waals surface area contributed by atoms with Gasteiger partial charge in [0.1, 0.15) is 12.4 Å². The Balaban J connectivity index is 2.24. The predicted molar refractivity (Wildman–Crippen MR) is 98.1 cm³/mol. The van der Waals surface area contributed by atoms with Gasteiger partial charge in [0, 0.05) is 16.2 Å². The minimum absolute atomic E-state index is 0.254. The SMILES string of the molecule is CNC(=O)N(O)c1ccc(I)cc1COc1ccc(C)cc1C. The van der Waals surface area contributed by atoms with E-state index in [2.05, 4.69) is 27.9 Å². The fourth-order valence-electron chi connectivity index (χ4n) is 2.21. The van der Waals surface area contributed by atoms with Crippen LogP contribution < -0.4 is 15.1 Å². The molecule has 5 nitrogen and oxygen atoms in total. The lowest BCUT2D eigenvalue weighted by Gasteiger charge is -2.19. The highest BCUT2D eigenvalue weighted by atomic mass is 127. The molecule has 0 atom stereocenters. The second-order valence-electron chi connectivity index (χ2n) is 5.20. The minimum Gasteiger partial charge on any atom is -0.489 e. The Morgan fingerprint density at radius 3 is 2.65 bits per heavy atom. The lowest BCUT2D eigenvalue weighted by Crippen LogP contribution is -2.36. The quantitative estimate of drug-likeness (QED) is 0.441. The lowest BCUT2D eigenvalue weighted by atomic mass is 10.1. The van der Waals surface area contributed by atoms with Gasteiger partial charge in [-0.1, -0.05) is 17.7 Å². The molecular formula is C17H19IN2O3. The van der Waals surface area contributed by atoms with Crippen LogP contribution in [0.25, 0.3) is 0 Å². The molecule has 23 heavy (non-hydrogen) atoms. The maximum atomic E-state index is 11.6. The van der Waals surface area contributed by atoms with Crippen LogP contribution in [0.4, 0.5) is 10.5 Å². The molecule has 0 bridgehead atoms. The number of nitrogens with zero attached hydrogens (tertiary/aromatic N) is 1. The van der Waals surface area contributed by atoms with Crippen molar-refractivity contribution in [3.05, 3.63) is 56.7 Å². The highest BCUT2D eigenvalue weighted by Crippen LogP contribution is 2.25. The summed E-state index contributed by atoms with van der Waals surface area (Å²) in [5.41, 5.74) is 3.34. The number of benzene rings is 2. The zero-order valence-corrected chi connectivity index (χ0v) is 15.4. The van der Waals surface area contributed by atoms with Crippen molar-refractivity contribution in [3.63, 3.8) is 0 Å². The van der Waals surface area contributed by atoms with E-state index in [0.717, 1.165) is 20.4 Å². The van der Waals surface area contributed by atoms with Crippen LogP contribution in [-0.2, 0) is 6.61 Å². The number of urea groups is 1. The van der Waals surface area contributed by atoms with E-state index in [4.69, 9.17) is 4.74 Å². The van der Waals surface area contributed by atoms with Gasteiger partial charge in [0.15, 0.2) is 0 Å². The third-order valence-electron chi connectivity index (χ3n) is 3.39. The van der Waals surface area contributed by atoms with Gasteiger partial charge in [0.25, 0.3) is 0 Å². The first-order chi connectivity index (χ1) is 10.9. The summed E-state index contributed by atoms with van der Waals surface area (Å²) in [6.45, 7) is 4.27. The summed E-state index contributed by atoms with van der Waals surface area (Å²) in [6, 6.07) is 10.8. The minimum atomic E-state index is -0.598. The lowest BCUT2D eigenvalue weighted by molar-refractivity contribution is 0.205. The maximum absolute atomic E-state index is 11.6. The van der Waals surface area contributed by atoms with Crippen molar-refractivity contribution in [1.29, 1.82) is 0 Å². The largest absolute Gasteiger partial charge is 0.489 e. The van der Waals surface area contributed by atoms with Crippen molar-refractivity contribution >= 4 is 34.3 Å². The van der Waals surface area contributed by atoms with Crippen LogP contribution in [0.15, 0.2) is 36.4 Å². The van der Waals surface area contributed by atoms with Crippen LogP contribution in [0.3, 0.4) is 0 Å².